The summed E-state index contributed by atoms with van der Waals surface area (Å²) in [6.07, 6.45) is -2.43. The van der Waals surface area contributed by atoms with Gasteiger partial charge < -0.3 is 20.8 Å². The van der Waals surface area contributed by atoms with Gasteiger partial charge in [0.2, 0.25) is 5.91 Å². The number of aliphatic hydroxyl groups excluding tert-OH is 1. The average Bonchev–Trinajstić information content (AvgIpc) is 2.66. The van der Waals surface area contributed by atoms with Gasteiger partial charge in [-0.3, -0.25) is 19.6 Å². The highest BCUT2D eigenvalue weighted by atomic mass is 35.5. The van der Waals surface area contributed by atoms with Crippen LogP contribution in [0.15, 0.2) is 24.3 Å². The molecule has 9 nitrogen and oxygen atoms in total. The van der Waals surface area contributed by atoms with Crippen molar-refractivity contribution >= 4 is 29.3 Å². The lowest BCUT2D eigenvalue weighted by molar-refractivity contribution is -0.169. The van der Waals surface area contributed by atoms with Crippen LogP contribution in [-0.2, 0) is 20.8 Å². The molecule has 0 unspecified atom stereocenters. The van der Waals surface area contributed by atoms with Crippen LogP contribution in [0.4, 0.5) is 0 Å². The summed E-state index contributed by atoms with van der Waals surface area (Å²) in [4.78, 5) is 36.6. The predicted molar refractivity (Wildman–Crippen MR) is 101 cm³/mol. The molecule has 0 aromatic heterocycles. The van der Waals surface area contributed by atoms with E-state index in [0.29, 0.717) is 10.6 Å². The number of likely N-dealkylation sites (N-methyl/N-ethyl adjacent to an activating group) is 1. The summed E-state index contributed by atoms with van der Waals surface area (Å²) < 4.78 is 0. The maximum Gasteiger partial charge on any atom is 0.275 e. The molecule has 0 aliphatic rings. The van der Waals surface area contributed by atoms with Gasteiger partial charge in [0.25, 0.3) is 11.8 Å². The Labute approximate surface area is 168 Å². The molecular weight excluding hydrogens is 390 g/mol. The molecule has 0 spiro atoms. The lowest BCUT2D eigenvalue weighted by Gasteiger charge is -2.33. The first-order chi connectivity index (χ1) is 13.0. The summed E-state index contributed by atoms with van der Waals surface area (Å²) >= 11 is 5.84. The molecule has 0 radical (unpaired) electrons. The highest BCUT2D eigenvalue weighted by Crippen LogP contribution is 2.23. The van der Waals surface area contributed by atoms with E-state index in [9.17, 15) is 24.6 Å². The van der Waals surface area contributed by atoms with Gasteiger partial charge in [0.15, 0.2) is 11.7 Å². The number of benzene rings is 1. The Balaban J connectivity index is 3.11. The average molecular weight is 416 g/mol. The fraction of sp³-hybridized carbons (Fsp3) is 0.500. The minimum Gasteiger partial charge on any atom is -0.380 e. The molecule has 1 rings (SSSR count). The van der Waals surface area contributed by atoms with E-state index in [1.807, 2.05) is 0 Å². The van der Waals surface area contributed by atoms with Crippen molar-refractivity contribution in [3.63, 3.8) is 0 Å². The predicted octanol–water partition coefficient (Wildman–Crippen LogP) is -0.243. The topological polar surface area (TPSA) is 148 Å². The first-order valence-corrected chi connectivity index (χ1v) is 9.04. The zero-order valence-electron chi connectivity index (χ0n) is 15.9. The zero-order valence-corrected chi connectivity index (χ0v) is 16.7. The van der Waals surface area contributed by atoms with Gasteiger partial charge in [-0.1, -0.05) is 37.6 Å². The molecule has 28 heavy (non-hydrogen) atoms. The minimum atomic E-state index is -2.55. The fourth-order valence-electron chi connectivity index (χ4n) is 2.75. The van der Waals surface area contributed by atoms with Gasteiger partial charge in [-0.2, -0.15) is 0 Å². The molecule has 1 aromatic carbocycles. The number of amides is 3. The molecule has 10 heteroatoms. The molecule has 0 aliphatic heterocycles. The molecule has 0 saturated carbocycles. The van der Waals surface area contributed by atoms with E-state index in [1.165, 1.54) is 12.5 Å². The second-order valence-electron chi connectivity index (χ2n) is 6.87. The second kappa shape index (κ2) is 10.4. The van der Waals surface area contributed by atoms with Crippen molar-refractivity contribution in [2.75, 3.05) is 7.05 Å². The van der Waals surface area contributed by atoms with E-state index in [4.69, 9.17) is 16.8 Å². The largest absolute Gasteiger partial charge is 0.380 e. The summed E-state index contributed by atoms with van der Waals surface area (Å²) in [5, 5.41) is 34.9. The first kappa shape index (κ1) is 23.8. The summed E-state index contributed by atoms with van der Waals surface area (Å²) in [6.45, 7) is 3.34. The molecular formula is C18H26ClN3O6. The molecule has 0 aliphatic carbocycles. The van der Waals surface area contributed by atoms with Crippen LogP contribution in [0.2, 0.25) is 5.02 Å². The number of aliphatic hydroxyl groups is 2. The first-order valence-electron chi connectivity index (χ1n) is 8.66. The molecule has 0 fully saturated rings. The maximum atomic E-state index is 12.8. The van der Waals surface area contributed by atoms with E-state index in [2.05, 4.69) is 10.6 Å². The molecule has 6 N–H and O–H groups in total. The van der Waals surface area contributed by atoms with Crippen LogP contribution in [-0.4, -0.2) is 57.9 Å². The van der Waals surface area contributed by atoms with Crippen molar-refractivity contribution in [3.05, 3.63) is 34.9 Å². The van der Waals surface area contributed by atoms with Gasteiger partial charge in [0.05, 0.1) is 0 Å². The van der Waals surface area contributed by atoms with Crippen molar-refractivity contribution in [1.29, 1.82) is 0 Å². The Bertz CT molecular complexity index is 697. The Morgan fingerprint density at radius 1 is 1.14 bits per heavy atom. The van der Waals surface area contributed by atoms with Crippen molar-refractivity contribution in [2.45, 2.75) is 44.4 Å². The third-order valence-electron chi connectivity index (χ3n) is 4.14. The smallest absolute Gasteiger partial charge is 0.275 e. The molecule has 3 atom stereocenters. The number of rotatable bonds is 9. The molecule has 0 heterocycles. The van der Waals surface area contributed by atoms with E-state index in [1.54, 1.807) is 38.1 Å². The lowest BCUT2D eigenvalue weighted by Crippen LogP contribution is -2.63. The van der Waals surface area contributed by atoms with Crippen LogP contribution in [0.5, 0.6) is 0 Å². The Morgan fingerprint density at radius 3 is 2.18 bits per heavy atom. The number of hydrogen-bond donors (Lipinski definition) is 6. The fourth-order valence-corrected chi connectivity index (χ4v) is 2.88. The SMILES string of the molecule is CNC(=O)[C@H](Cc1ccc(Cl)cc1)NC(=O)[C@](O)(CC(C)C)[C@H](O)C(=O)NO. The van der Waals surface area contributed by atoms with Crippen molar-refractivity contribution in [2.24, 2.45) is 5.92 Å². The maximum absolute atomic E-state index is 12.8. The molecule has 3 amide bonds. The Kier molecular flexibility index (Phi) is 8.83. The van der Waals surface area contributed by atoms with Crippen LogP contribution < -0.4 is 16.1 Å². The van der Waals surface area contributed by atoms with Crippen molar-refractivity contribution in [3.8, 4) is 0 Å². The number of carbonyl (C=O) groups is 3. The summed E-state index contributed by atoms with van der Waals surface area (Å²) in [5.74, 6) is -3.27. The number of carbonyl (C=O) groups excluding carboxylic acids is 3. The Morgan fingerprint density at radius 2 is 1.71 bits per heavy atom. The van der Waals surface area contributed by atoms with Crippen LogP contribution in [0, 0.1) is 5.92 Å². The van der Waals surface area contributed by atoms with Crippen LogP contribution in [0.1, 0.15) is 25.8 Å². The quantitative estimate of drug-likeness (QED) is 0.242. The van der Waals surface area contributed by atoms with E-state index in [-0.39, 0.29) is 18.8 Å². The summed E-state index contributed by atoms with van der Waals surface area (Å²) in [6, 6.07) is 5.54. The van der Waals surface area contributed by atoms with E-state index < -0.39 is 35.5 Å². The van der Waals surface area contributed by atoms with Crippen LogP contribution in [0.25, 0.3) is 0 Å². The Hall–Kier alpha value is -2.20. The molecule has 0 bridgehead atoms. The van der Waals surface area contributed by atoms with Gasteiger partial charge in [0.1, 0.15) is 6.04 Å². The molecule has 1 aromatic rings. The third kappa shape index (κ3) is 6.16. The van der Waals surface area contributed by atoms with Crippen molar-refractivity contribution in [1.82, 2.24) is 16.1 Å². The van der Waals surface area contributed by atoms with Crippen LogP contribution >= 0.6 is 11.6 Å². The van der Waals surface area contributed by atoms with Crippen molar-refractivity contribution < 1.29 is 29.8 Å². The summed E-state index contributed by atoms with van der Waals surface area (Å²) in [5.41, 5.74) is -0.644. The number of halogens is 1. The second-order valence-corrected chi connectivity index (χ2v) is 7.31. The van der Waals surface area contributed by atoms with Gasteiger partial charge in [-0.05, 0) is 30.0 Å². The van der Waals surface area contributed by atoms with Gasteiger partial charge in [-0.15, -0.1) is 0 Å². The number of nitrogens with one attached hydrogen (secondary N) is 3. The molecule has 0 saturated heterocycles. The highest BCUT2D eigenvalue weighted by molar-refractivity contribution is 6.30. The third-order valence-corrected chi connectivity index (χ3v) is 4.40. The highest BCUT2D eigenvalue weighted by Gasteiger charge is 2.48. The van der Waals surface area contributed by atoms with E-state index >= 15 is 0 Å². The molecule has 156 valence electrons. The van der Waals surface area contributed by atoms with Crippen LogP contribution in [0.3, 0.4) is 0 Å². The monoisotopic (exact) mass is 415 g/mol. The number of hydroxylamine groups is 1. The number of hydrogen-bond acceptors (Lipinski definition) is 6. The van der Waals surface area contributed by atoms with E-state index in [0.717, 1.165) is 0 Å². The zero-order chi connectivity index (χ0) is 21.5. The lowest BCUT2D eigenvalue weighted by atomic mass is 9.85. The van der Waals surface area contributed by atoms with Gasteiger partial charge in [0, 0.05) is 18.5 Å². The standard InChI is InChI=1S/C18H26ClN3O6/c1-10(2)9-18(27,14(23)16(25)22-28)17(26)21-13(15(24)20-3)8-11-4-6-12(19)7-5-11/h4-7,10,13-14,23,27-28H,8-9H2,1-3H3,(H,20,24)(H,21,26)(H,22,25)/t13-,14+,18-/m0/s1. The van der Waals surface area contributed by atoms with Gasteiger partial charge in [-0.25, -0.2) is 5.48 Å². The van der Waals surface area contributed by atoms with Gasteiger partial charge >= 0.3 is 0 Å². The normalized spacial score (nSPS) is 15.3. The summed E-state index contributed by atoms with van der Waals surface area (Å²) in [7, 11) is 1.39. The minimum absolute atomic E-state index is 0.0859.